The molecule has 1 aliphatic rings. The van der Waals surface area contributed by atoms with E-state index in [0.29, 0.717) is 13.2 Å². The number of pyridine rings is 1. The predicted octanol–water partition coefficient (Wildman–Crippen LogP) is 1.18. The van der Waals surface area contributed by atoms with Gasteiger partial charge in [0.15, 0.2) is 0 Å². The Hall–Kier alpha value is -0.640. The second kappa shape index (κ2) is 4.73. The summed E-state index contributed by atoms with van der Waals surface area (Å²) in [5, 5.41) is 3.46. The van der Waals surface area contributed by atoms with Crippen molar-refractivity contribution in [3.05, 3.63) is 30.1 Å². The van der Waals surface area contributed by atoms with Crippen LogP contribution in [0.1, 0.15) is 5.56 Å². The van der Waals surface area contributed by atoms with E-state index in [1.807, 2.05) is 12.1 Å². The number of ether oxygens (including phenoxy) is 1. The molecule has 3 nitrogen and oxygen atoms in total. The summed E-state index contributed by atoms with van der Waals surface area (Å²) in [6, 6.07) is 4.25. The van der Waals surface area contributed by atoms with Crippen molar-refractivity contribution in [1.29, 1.82) is 0 Å². The Labute approximate surface area is 88.4 Å². The largest absolute Gasteiger partial charge is 0.378 e. The highest BCUT2D eigenvalue weighted by atomic mass is 35.5. The van der Waals surface area contributed by atoms with E-state index in [1.165, 1.54) is 5.56 Å². The van der Waals surface area contributed by atoms with Crippen LogP contribution in [0.15, 0.2) is 24.5 Å². The summed E-state index contributed by atoms with van der Waals surface area (Å²) < 4.78 is 5.25. The van der Waals surface area contributed by atoms with Crippen LogP contribution < -0.4 is 5.32 Å². The van der Waals surface area contributed by atoms with Crippen molar-refractivity contribution < 1.29 is 4.74 Å². The van der Waals surface area contributed by atoms with Gasteiger partial charge in [-0.15, -0.1) is 11.6 Å². The van der Waals surface area contributed by atoms with Crippen LogP contribution in [-0.2, 0) is 11.3 Å². The molecule has 0 saturated carbocycles. The van der Waals surface area contributed by atoms with Crippen molar-refractivity contribution in [3.63, 3.8) is 0 Å². The van der Waals surface area contributed by atoms with Crippen molar-refractivity contribution in [2.24, 2.45) is 0 Å². The van der Waals surface area contributed by atoms with Crippen LogP contribution in [0.4, 0.5) is 0 Å². The molecule has 1 N–H and O–H groups in total. The number of hydrogen-bond acceptors (Lipinski definition) is 3. The Morgan fingerprint density at radius 3 is 2.86 bits per heavy atom. The van der Waals surface area contributed by atoms with Gasteiger partial charge in [0.25, 0.3) is 0 Å². The van der Waals surface area contributed by atoms with Crippen LogP contribution in [0.2, 0.25) is 0 Å². The fraction of sp³-hybridized carbons (Fsp3) is 0.500. The Morgan fingerprint density at radius 1 is 1.43 bits per heavy atom. The standard InChI is InChI=1S/C10H13ClN2O/c11-9-6-14-7-10(9)13-5-8-1-3-12-4-2-8/h1-4,9-10,13H,5-7H2. The molecule has 14 heavy (non-hydrogen) atoms. The fourth-order valence-electron chi connectivity index (χ4n) is 1.46. The number of nitrogens with one attached hydrogen (secondary N) is 1. The smallest absolute Gasteiger partial charge is 0.0745 e. The second-order valence-corrected chi connectivity index (χ2v) is 3.96. The number of hydrogen-bond donors (Lipinski definition) is 1. The molecule has 0 spiro atoms. The molecule has 0 amide bonds. The SMILES string of the molecule is ClC1COCC1NCc1ccncc1. The number of nitrogens with zero attached hydrogens (tertiary/aromatic N) is 1. The van der Waals surface area contributed by atoms with E-state index in [9.17, 15) is 0 Å². The molecule has 0 radical (unpaired) electrons. The first-order chi connectivity index (χ1) is 6.86. The molecule has 2 atom stereocenters. The van der Waals surface area contributed by atoms with Gasteiger partial charge in [0, 0.05) is 25.0 Å². The molecule has 0 aromatic carbocycles. The maximum absolute atomic E-state index is 6.04. The maximum Gasteiger partial charge on any atom is 0.0745 e. The molecular formula is C10H13ClN2O. The molecule has 0 aliphatic carbocycles. The maximum atomic E-state index is 6.04. The molecule has 4 heteroatoms. The summed E-state index contributed by atoms with van der Waals surface area (Å²) in [5.74, 6) is 0. The van der Waals surface area contributed by atoms with Gasteiger partial charge >= 0.3 is 0 Å². The minimum absolute atomic E-state index is 0.0943. The molecule has 2 heterocycles. The van der Waals surface area contributed by atoms with Gasteiger partial charge in [-0.25, -0.2) is 0 Å². The molecule has 1 fully saturated rings. The zero-order chi connectivity index (χ0) is 9.80. The van der Waals surface area contributed by atoms with E-state index < -0.39 is 0 Å². The van der Waals surface area contributed by atoms with Crippen molar-refractivity contribution in [2.75, 3.05) is 13.2 Å². The molecular weight excluding hydrogens is 200 g/mol. The van der Waals surface area contributed by atoms with E-state index in [2.05, 4.69) is 10.3 Å². The van der Waals surface area contributed by atoms with Crippen LogP contribution in [0.3, 0.4) is 0 Å². The van der Waals surface area contributed by atoms with Gasteiger partial charge in [-0.1, -0.05) is 0 Å². The Balaban J connectivity index is 1.82. The minimum Gasteiger partial charge on any atom is -0.378 e. The summed E-state index contributed by atoms with van der Waals surface area (Å²) in [7, 11) is 0. The van der Waals surface area contributed by atoms with Gasteiger partial charge in [-0.3, -0.25) is 4.98 Å². The number of halogens is 1. The zero-order valence-corrected chi connectivity index (χ0v) is 8.57. The third-order valence-electron chi connectivity index (χ3n) is 2.33. The summed E-state index contributed by atoms with van der Waals surface area (Å²) in [6.07, 6.45) is 3.58. The average Bonchev–Trinajstić information content (AvgIpc) is 2.63. The van der Waals surface area contributed by atoms with Crippen molar-refractivity contribution in [1.82, 2.24) is 10.3 Å². The van der Waals surface area contributed by atoms with E-state index in [1.54, 1.807) is 12.4 Å². The third kappa shape index (κ3) is 2.44. The normalized spacial score (nSPS) is 26.6. The van der Waals surface area contributed by atoms with Crippen molar-refractivity contribution in [3.8, 4) is 0 Å². The number of alkyl halides is 1. The van der Waals surface area contributed by atoms with E-state index in [4.69, 9.17) is 16.3 Å². The molecule has 2 unspecified atom stereocenters. The summed E-state index contributed by atoms with van der Waals surface area (Å²) >= 11 is 6.04. The zero-order valence-electron chi connectivity index (χ0n) is 7.82. The highest BCUT2D eigenvalue weighted by molar-refractivity contribution is 6.21. The molecule has 1 aromatic heterocycles. The average molecular weight is 213 g/mol. The van der Waals surface area contributed by atoms with Gasteiger partial charge in [0.1, 0.15) is 0 Å². The topological polar surface area (TPSA) is 34.1 Å². The van der Waals surface area contributed by atoms with Crippen molar-refractivity contribution in [2.45, 2.75) is 18.0 Å². The van der Waals surface area contributed by atoms with E-state index in [-0.39, 0.29) is 11.4 Å². The minimum atomic E-state index is 0.0943. The monoisotopic (exact) mass is 212 g/mol. The Bertz CT molecular complexity index is 281. The molecule has 1 aromatic rings. The van der Waals surface area contributed by atoms with Crippen molar-refractivity contribution >= 4 is 11.6 Å². The third-order valence-corrected chi connectivity index (χ3v) is 2.76. The lowest BCUT2D eigenvalue weighted by Gasteiger charge is -2.13. The number of aromatic nitrogens is 1. The molecule has 1 aliphatic heterocycles. The van der Waals surface area contributed by atoms with Gasteiger partial charge in [-0.2, -0.15) is 0 Å². The van der Waals surface area contributed by atoms with Crippen LogP contribution in [0.25, 0.3) is 0 Å². The lowest BCUT2D eigenvalue weighted by Crippen LogP contribution is -2.35. The predicted molar refractivity (Wildman–Crippen MR) is 55.3 cm³/mol. The molecule has 0 bridgehead atoms. The summed E-state index contributed by atoms with van der Waals surface area (Å²) in [5.41, 5.74) is 1.22. The van der Waals surface area contributed by atoms with Crippen LogP contribution in [0, 0.1) is 0 Å². The Kier molecular flexibility index (Phi) is 3.35. The lowest BCUT2D eigenvalue weighted by atomic mass is 10.2. The van der Waals surface area contributed by atoms with E-state index in [0.717, 1.165) is 6.54 Å². The van der Waals surface area contributed by atoms with Gasteiger partial charge in [-0.05, 0) is 17.7 Å². The molecule has 76 valence electrons. The summed E-state index contributed by atoms with van der Waals surface area (Å²) in [4.78, 5) is 3.96. The van der Waals surface area contributed by atoms with Crippen LogP contribution in [-0.4, -0.2) is 29.6 Å². The number of rotatable bonds is 3. The lowest BCUT2D eigenvalue weighted by molar-refractivity contribution is 0.190. The van der Waals surface area contributed by atoms with Gasteiger partial charge < -0.3 is 10.1 Å². The summed E-state index contributed by atoms with van der Waals surface area (Å²) in [6.45, 7) is 2.18. The van der Waals surface area contributed by atoms with Crippen LogP contribution >= 0.6 is 11.6 Å². The first kappa shape index (κ1) is 9.90. The van der Waals surface area contributed by atoms with Gasteiger partial charge in [0.2, 0.25) is 0 Å². The highest BCUT2D eigenvalue weighted by Crippen LogP contribution is 2.12. The first-order valence-electron chi connectivity index (χ1n) is 4.70. The first-order valence-corrected chi connectivity index (χ1v) is 5.14. The van der Waals surface area contributed by atoms with Gasteiger partial charge in [0.05, 0.1) is 18.6 Å². The fourth-order valence-corrected chi connectivity index (χ4v) is 1.72. The second-order valence-electron chi connectivity index (χ2n) is 3.40. The van der Waals surface area contributed by atoms with Crippen LogP contribution in [0.5, 0.6) is 0 Å². The molecule has 1 saturated heterocycles. The Morgan fingerprint density at radius 2 is 2.21 bits per heavy atom. The molecule has 2 rings (SSSR count). The highest BCUT2D eigenvalue weighted by Gasteiger charge is 2.25. The van der Waals surface area contributed by atoms with E-state index >= 15 is 0 Å². The quantitative estimate of drug-likeness (QED) is 0.765.